The van der Waals surface area contributed by atoms with Gasteiger partial charge in [-0.05, 0) is 105 Å². The second-order valence-electron chi connectivity index (χ2n) is 15.5. The number of aromatic nitrogens is 4. The standard InChI is InChI=1S/C52H33N5/c1-4-14-41-36(10-1)37-11-2-5-15-42(37)52(41)43-28-27-39-38-12-3-6-16-44(38)57(50(39)47(43)40-13-7-31-55-51(40)52)35-25-21-33(22-26-35)32-19-23-34(24-20-32)56-45-17-8-29-53-48(45)49-46(56)18-9-30-54-49/h1-31,40,51H. The maximum absolute atomic E-state index is 5.37. The first-order valence-electron chi connectivity index (χ1n) is 19.7. The summed E-state index contributed by atoms with van der Waals surface area (Å²) in [5.41, 5.74) is 18.7. The van der Waals surface area contributed by atoms with Crippen molar-refractivity contribution < 1.29 is 0 Å². The van der Waals surface area contributed by atoms with Crippen LogP contribution < -0.4 is 0 Å². The van der Waals surface area contributed by atoms with Crippen molar-refractivity contribution in [2.45, 2.75) is 17.4 Å². The Labute approximate surface area is 328 Å². The van der Waals surface area contributed by atoms with Gasteiger partial charge >= 0.3 is 0 Å². The van der Waals surface area contributed by atoms with E-state index in [1.165, 1.54) is 66.3 Å². The van der Waals surface area contributed by atoms with Crippen LogP contribution in [0, 0.1) is 0 Å². The molecule has 2 atom stereocenters. The van der Waals surface area contributed by atoms with Crippen LogP contribution in [0.5, 0.6) is 0 Å². The molecule has 4 aromatic heterocycles. The molecule has 5 heteroatoms. The van der Waals surface area contributed by atoms with Crippen molar-refractivity contribution in [2.75, 3.05) is 0 Å². The summed E-state index contributed by atoms with van der Waals surface area (Å²) in [6, 6.07) is 57.9. The quantitative estimate of drug-likeness (QED) is 0.182. The normalized spacial score (nSPS) is 17.1. The zero-order chi connectivity index (χ0) is 37.2. The van der Waals surface area contributed by atoms with E-state index in [0.717, 1.165) is 33.4 Å². The van der Waals surface area contributed by atoms with Crippen molar-refractivity contribution in [1.82, 2.24) is 19.1 Å². The monoisotopic (exact) mass is 727 g/mol. The number of hydrogen-bond acceptors (Lipinski definition) is 3. The lowest BCUT2D eigenvalue weighted by molar-refractivity contribution is 0.498. The van der Waals surface area contributed by atoms with Gasteiger partial charge in [0.15, 0.2) is 0 Å². The number of nitrogens with zero attached hydrogens (tertiary/aromatic N) is 5. The molecule has 0 fully saturated rings. The minimum atomic E-state index is -0.383. The van der Waals surface area contributed by atoms with E-state index in [-0.39, 0.29) is 17.4 Å². The number of fused-ring (bicyclic) bond motifs is 17. The van der Waals surface area contributed by atoms with Crippen molar-refractivity contribution in [2.24, 2.45) is 4.99 Å². The number of benzene rings is 6. The van der Waals surface area contributed by atoms with Crippen LogP contribution in [0.4, 0.5) is 0 Å². The summed E-state index contributed by atoms with van der Waals surface area (Å²) < 4.78 is 4.76. The van der Waals surface area contributed by atoms with Gasteiger partial charge in [0.25, 0.3) is 0 Å². The number of para-hydroxylation sites is 1. The molecule has 266 valence electrons. The van der Waals surface area contributed by atoms with Crippen LogP contribution in [-0.2, 0) is 5.41 Å². The van der Waals surface area contributed by atoms with Gasteiger partial charge in [-0.3, -0.25) is 15.0 Å². The molecule has 1 spiro atoms. The topological polar surface area (TPSA) is 48.0 Å². The molecule has 1 aliphatic heterocycles. The average molecular weight is 728 g/mol. The third-order valence-corrected chi connectivity index (χ3v) is 12.9. The van der Waals surface area contributed by atoms with Gasteiger partial charge in [0.2, 0.25) is 0 Å². The minimum absolute atomic E-state index is 0.0137. The fraction of sp³-hybridized carbons (Fsp3) is 0.0577. The van der Waals surface area contributed by atoms with Crippen molar-refractivity contribution in [3.8, 4) is 33.6 Å². The van der Waals surface area contributed by atoms with Crippen LogP contribution in [0.1, 0.15) is 28.2 Å². The Kier molecular flexibility index (Phi) is 6.15. The van der Waals surface area contributed by atoms with Gasteiger partial charge in [-0.2, -0.15) is 0 Å². The molecule has 57 heavy (non-hydrogen) atoms. The lowest BCUT2D eigenvalue weighted by Gasteiger charge is -2.35. The van der Waals surface area contributed by atoms with Gasteiger partial charge in [-0.15, -0.1) is 0 Å². The lowest BCUT2D eigenvalue weighted by Crippen LogP contribution is -2.37. The summed E-state index contributed by atoms with van der Waals surface area (Å²) in [6.07, 6.45) is 10.2. The highest BCUT2D eigenvalue weighted by molar-refractivity contribution is 6.12. The summed E-state index contributed by atoms with van der Waals surface area (Å²) in [5, 5.41) is 2.54. The van der Waals surface area contributed by atoms with E-state index in [4.69, 9.17) is 4.99 Å². The van der Waals surface area contributed by atoms with Gasteiger partial charge < -0.3 is 9.13 Å². The molecule has 0 N–H and O–H groups in total. The average Bonchev–Trinajstić information content (AvgIpc) is 3.99. The lowest BCUT2D eigenvalue weighted by atomic mass is 9.69. The molecule has 0 amide bonds. The van der Waals surface area contributed by atoms with E-state index < -0.39 is 0 Å². The number of pyridine rings is 2. The molecular weight excluding hydrogens is 695 g/mol. The highest BCUT2D eigenvalue weighted by Crippen LogP contribution is 2.64. The van der Waals surface area contributed by atoms with Crippen molar-refractivity contribution in [1.29, 1.82) is 0 Å². The molecule has 3 aliphatic rings. The predicted molar refractivity (Wildman–Crippen MR) is 232 cm³/mol. The maximum atomic E-state index is 5.37. The summed E-state index contributed by atoms with van der Waals surface area (Å²) >= 11 is 0. The molecule has 0 bridgehead atoms. The fourth-order valence-corrected chi connectivity index (χ4v) is 10.7. The first kappa shape index (κ1) is 30.9. The number of rotatable bonds is 3. The Morgan fingerprint density at radius 2 is 1.05 bits per heavy atom. The number of allylic oxidation sites excluding steroid dienone is 1. The van der Waals surface area contributed by atoms with Crippen LogP contribution in [0.25, 0.3) is 77.5 Å². The first-order valence-corrected chi connectivity index (χ1v) is 19.7. The van der Waals surface area contributed by atoms with E-state index in [1.807, 2.05) is 30.7 Å². The largest absolute Gasteiger partial charge is 0.309 e. The van der Waals surface area contributed by atoms with E-state index >= 15 is 0 Å². The number of aliphatic imine (C=N–C) groups is 1. The van der Waals surface area contributed by atoms with E-state index in [9.17, 15) is 0 Å². The molecule has 2 unspecified atom stereocenters. The molecule has 13 rings (SSSR count). The van der Waals surface area contributed by atoms with Crippen molar-refractivity contribution in [3.05, 3.63) is 205 Å². The van der Waals surface area contributed by atoms with Gasteiger partial charge in [0.05, 0.1) is 33.5 Å². The van der Waals surface area contributed by atoms with Gasteiger partial charge in [0.1, 0.15) is 11.0 Å². The van der Waals surface area contributed by atoms with Crippen molar-refractivity contribution in [3.63, 3.8) is 0 Å². The summed E-state index contributed by atoms with van der Waals surface area (Å²) in [5.74, 6) is 0.120. The smallest absolute Gasteiger partial charge is 0.115 e. The molecule has 0 saturated heterocycles. The molecule has 0 radical (unpaired) electrons. The minimum Gasteiger partial charge on any atom is -0.309 e. The molecule has 2 aliphatic carbocycles. The third kappa shape index (κ3) is 3.95. The third-order valence-electron chi connectivity index (χ3n) is 12.9. The van der Waals surface area contributed by atoms with Gasteiger partial charge in [-0.25, -0.2) is 0 Å². The summed E-state index contributed by atoms with van der Waals surface area (Å²) in [7, 11) is 0. The second kappa shape index (κ2) is 11.3. The van der Waals surface area contributed by atoms with Crippen LogP contribution in [0.15, 0.2) is 187 Å². The highest BCUT2D eigenvalue weighted by Gasteiger charge is 2.58. The Bertz CT molecular complexity index is 3260. The Hall–Kier alpha value is -7.37. The van der Waals surface area contributed by atoms with Crippen LogP contribution in [0.3, 0.4) is 0 Å². The van der Waals surface area contributed by atoms with E-state index in [1.54, 1.807) is 0 Å². The highest BCUT2D eigenvalue weighted by atomic mass is 15.0. The predicted octanol–water partition coefficient (Wildman–Crippen LogP) is 11.8. The van der Waals surface area contributed by atoms with Crippen LogP contribution >= 0.6 is 0 Å². The zero-order valence-corrected chi connectivity index (χ0v) is 30.8. The Balaban J connectivity index is 0.980. The Morgan fingerprint density at radius 1 is 0.474 bits per heavy atom. The molecule has 6 aromatic carbocycles. The molecule has 5 heterocycles. The summed E-state index contributed by atoms with van der Waals surface area (Å²) in [6.45, 7) is 0. The second-order valence-corrected chi connectivity index (χ2v) is 15.5. The number of dihydropyridines is 1. The van der Waals surface area contributed by atoms with E-state index in [0.29, 0.717) is 0 Å². The van der Waals surface area contributed by atoms with Crippen molar-refractivity contribution >= 4 is 50.1 Å². The first-order chi connectivity index (χ1) is 28.3. The Morgan fingerprint density at radius 3 is 1.72 bits per heavy atom. The zero-order valence-electron chi connectivity index (χ0n) is 30.8. The SMILES string of the molecule is C1=CC2c3c(ccc4c5ccccc5n(-c5ccc(-c6ccc(-n7c8cccnc8c8ncccc87)cc6)cc5)c34)C3(c4ccccc4-c4ccccc43)C2N=C1. The number of hydrogen-bond donors (Lipinski definition) is 0. The van der Waals surface area contributed by atoms with Crippen LogP contribution in [-0.4, -0.2) is 31.4 Å². The van der Waals surface area contributed by atoms with Gasteiger partial charge in [0, 0.05) is 46.7 Å². The van der Waals surface area contributed by atoms with E-state index in [2.05, 4.69) is 177 Å². The molecule has 10 aromatic rings. The molecule has 0 saturated carbocycles. The molecule has 5 nitrogen and oxygen atoms in total. The maximum Gasteiger partial charge on any atom is 0.115 e. The fourth-order valence-electron chi connectivity index (χ4n) is 10.7. The van der Waals surface area contributed by atoms with Crippen LogP contribution in [0.2, 0.25) is 0 Å². The summed E-state index contributed by atoms with van der Waals surface area (Å²) in [4.78, 5) is 14.7. The van der Waals surface area contributed by atoms with Gasteiger partial charge in [-0.1, -0.05) is 109 Å². The molecular formula is C52H33N5.